The van der Waals surface area contributed by atoms with Crippen molar-refractivity contribution in [3.63, 3.8) is 0 Å². The van der Waals surface area contributed by atoms with Crippen LogP contribution in [0.15, 0.2) is 42.5 Å². The van der Waals surface area contributed by atoms with E-state index in [0.29, 0.717) is 6.42 Å². The number of allylic oxidation sites excluding steroid dienone is 2. The predicted molar refractivity (Wildman–Crippen MR) is 76.0 cm³/mol. The molecule has 1 aromatic rings. The summed E-state index contributed by atoms with van der Waals surface area (Å²) in [7, 11) is 1.32. The van der Waals surface area contributed by atoms with E-state index in [1.807, 2.05) is 36.4 Å². The average molecular weight is 286 g/mol. The molecule has 0 aromatic heterocycles. The summed E-state index contributed by atoms with van der Waals surface area (Å²) in [5.41, 5.74) is -0.243. The van der Waals surface area contributed by atoms with E-state index >= 15 is 0 Å². The van der Waals surface area contributed by atoms with Gasteiger partial charge in [0.2, 0.25) is 0 Å². The molecule has 0 amide bonds. The molecule has 0 spiro atoms. The van der Waals surface area contributed by atoms with Crippen LogP contribution in [-0.2, 0) is 25.7 Å². The molecule has 0 N–H and O–H groups in total. The largest absolute Gasteiger partial charge is 0.468 e. The van der Waals surface area contributed by atoms with E-state index in [4.69, 9.17) is 9.47 Å². The van der Waals surface area contributed by atoms with Gasteiger partial charge in [-0.3, -0.25) is 9.59 Å². The molecule has 3 atom stereocenters. The molecule has 0 radical (unpaired) electrons. The number of rotatable bonds is 4. The zero-order chi connectivity index (χ0) is 14.9. The summed E-state index contributed by atoms with van der Waals surface area (Å²) in [4.78, 5) is 24.8. The fourth-order valence-corrected chi connectivity index (χ4v) is 3.44. The molecule has 1 aromatic carbocycles. The summed E-state index contributed by atoms with van der Waals surface area (Å²) < 4.78 is 10.3. The highest BCUT2D eigenvalue weighted by molar-refractivity contribution is 6.01. The highest BCUT2D eigenvalue weighted by Gasteiger charge is 2.60. The minimum absolute atomic E-state index is 0.0989. The maximum absolute atomic E-state index is 12.6. The fraction of sp³-hybridized carbons (Fsp3) is 0.412. The first-order valence-corrected chi connectivity index (χ1v) is 7.14. The lowest BCUT2D eigenvalue weighted by molar-refractivity contribution is -0.174. The van der Waals surface area contributed by atoms with Crippen LogP contribution >= 0.6 is 0 Å². The van der Waals surface area contributed by atoms with Crippen LogP contribution in [0.3, 0.4) is 0 Å². The van der Waals surface area contributed by atoms with Gasteiger partial charge in [-0.15, -0.1) is 0 Å². The van der Waals surface area contributed by atoms with Crippen molar-refractivity contribution in [2.24, 2.45) is 17.3 Å². The molecule has 2 bridgehead atoms. The second-order valence-electron chi connectivity index (χ2n) is 5.72. The second-order valence-corrected chi connectivity index (χ2v) is 5.72. The van der Waals surface area contributed by atoms with Crippen molar-refractivity contribution < 1.29 is 19.1 Å². The van der Waals surface area contributed by atoms with Crippen molar-refractivity contribution in [3.05, 3.63) is 48.0 Å². The first kappa shape index (κ1) is 13.9. The van der Waals surface area contributed by atoms with E-state index in [-0.39, 0.29) is 18.4 Å². The van der Waals surface area contributed by atoms with Gasteiger partial charge in [0.05, 0.1) is 7.11 Å². The number of ether oxygens (including phenoxy) is 2. The quantitative estimate of drug-likeness (QED) is 0.485. The molecule has 1 saturated carbocycles. The Morgan fingerprint density at radius 2 is 1.95 bits per heavy atom. The van der Waals surface area contributed by atoms with E-state index in [1.165, 1.54) is 7.11 Å². The maximum Gasteiger partial charge on any atom is 0.324 e. The summed E-state index contributed by atoms with van der Waals surface area (Å²) in [6.45, 7) is 0.180. The number of benzene rings is 1. The monoisotopic (exact) mass is 286 g/mol. The molecule has 0 saturated heterocycles. The molecule has 3 rings (SSSR count). The van der Waals surface area contributed by atoms with Gasteiger partial charge in [-0.1, -0.05) is 42.5 Å². The van der Waals surface area contributed by atoms with Crippen LogP contribution in [-0.4, -0.2) is 19.0 Å². The molecule has 4 heteroatoms. The third kappa shape index (κ3) is 2.24. The highest BCUT2D eigenvalue weighted by atomic mass is 16.6. The molecular weight excluding hydrogens is 268 g/mol. The summed E-state index contributed by atoms with van der Waals surface area (Å²) in [6, 6.07) is 9.46. The van der Waals surface area contributed by atoms with Gasteiger partial charge >= 0.3 is 11.9 Å². The number of carbonyl (C=O) groups excluding carboxylic acids is 2. The third-order valence-corrected chi connectivity index (χ3v) is 4.52. The minimum Gasteiger partial charge on any atom is -0.468 e. The Balaban J connectivity index is 1.77. The van der Waals surface area contributed by atoms with E-state index in [9.17, 15) is 9.59 Å². The molecule has 21 heavy (non-hydrogen) atoms. The standard InChI is InChI=1S/C17H18O4/c1-20-15(18)17(10-13-7-8-14(17)9-13)16(19)21-11-12-5-3-2-4-6-12/h2-8,13-14H,9-11H2,1H3/t13-,14+,17+/m1/s1. The maximum atomic E-state index is 12.6. The van der Waals surface area contributed by atoms with Gasteiger partial charge in [0.25, 0.3) is 0 Å². The summed E-state index contributed by atoms with van der Waals surface area (Å²) in [6.07, 6.45) is 5.36. The molecule has 2 aliphatic carbocycles. The van der Waals surface area contributed by atoms with E-state index in [2.05, 4.69) is 6.08 Å². The van der Waals surface area contributed by atoms with Crippen LogP contribution in [0.2, 0.25) is 0 Å². The van der Waals surface area contributed by atoms with Gasteiger partial charge < -0.3 is 9.47 Å². The van der Waals surface area contributed by atoms with Crippen LogP contribution in [0.4, 0.5) is 0 Å². The van der Waals surface area contributed by atoms with Crippen LogP contribution in [0.25, 0.3) is 0 Å². The van der Waals surface area contributed by atoms with Crippen molar-refractivity contribution in [1.82, 2.24) is 0 Å². The second kappa shape index (κ2) is 5.35. The first-order valence-electron chi connectivity index (χ1n) is 7.14. The molecule has 4 nitrogen and oxygen atoms in total. The van der Waals surface area contributed by atoms with Crippen molar-refractivity contribution in [2.45, 2.75) is 19.4 Å². The summed E-state index contributed by atoms with van der Waals surface area (Å²) in [5, 5.41) is 0. The van der Waals surface area contributed by atoms with Crippen molar-refractivity contribution >= 4 is 11.9 Å². The Bertz CT molecular complexity index is 578. The van der Waals surface area contributed by atoms with Gasteiger partial charge in [0.15, 0.2) is 5.41 Å². The predicted octanol–water partition coefficient (Wildman–Crippen LogP) is 2.49. The van der Waals surface area contributed by atoms with Crippen LogP contribution in [0.5, 0.6) is 0 Å². The molecule has 110 valence electrons. The number of esters is 2. The molecule has 0 heterocycles. The van der Waals surface area contributed by atoms with E-state index in [0.717, 1.165) is 12.0 Å². The Hall–Kier alpha value is -2.10. The van der Waals surface area contributed by atoms with Gasteiger partial charge in [-0.2, -0.15) is 0 Å². The fourth-order valence-electron chi connectivity index (χ4n) is 3.44. The van der Waals surface area contributed by atoms with Crippen molar-refractivity contribution in [1.29, 1.82) is 0 Å². The lowest BCUT2D eigenvalue weighted by Crippen LogP contribution is -2.44. The number of hydrogen-bond acceptors (Lipinski definition) is 4. The molecule has 2 aliphatic rings. The van der Waals surface area contributed by atoms with Gasteiger partial charge in [-0.05, 0) is 24.3 Å². The number of carbonyl (C=O) groups is 2. The Morgan fingerprint density at radius 1 is 1.19 bits per heavy atom. The third-order valence-electron chi connectivity index (χ3n) is 4.52. The summed E-state index contributed by atoms with van der Waals surface area (Å²) in [5.74, 6) is -0.760. The van der Waals surface area contributed by atoms with E-state index in [1.54, 1.807) is 0 Å². The molecule has 0 unspecified atom stereocenters. The SMILES string of the molecule is COC(=O)[C@]1(C(=O)OCc2ccccc2)C[C@@H]2C=C[C@H]1C2. The lowest BCUT2D eigenvalue weighted by Gasteiger charge is -2.30. The number of methoxy groups -OCH3 is 1. The smallest absolute Gasteiger partial charge is 0.324 e. The van der Waals surface area contributed by atoms with E-state index < -0.39 is 17.4 Å². The molecular formula is C17H18O4. The summed E-state index contributed by atoms with van der Waals surface area (Å²) >= 11 is 0. The topological polar surface area (TPSA) is 52.6 Å². The minimum atomic E-state index is -1.15. The molecule has 1 fully saturated rings. The zero-order valence-electron chi connectivity index (χ0n) is 12.0. The first-order chi connectivity index (χ1) is 10.2. The van der Waals surface area contributed by atoms with Gasteiger partial charge in [0, 0.05) is 5.92 Å². The van der Waals surface area contributed by atoms with Crippen LogP contribution in [0, 0.1) is 17.3 Å². The molecule has 0 aliphatic heterocycles. The highest BCUT2D eigenvalue weighted by Crippen LogP contribution is 2.53. The zero-order valence-corrected chi connectivity index (χ0v) is 12.0. The number of hydrogen-bond donors (Lipinski definition) is 0. The Kier molecular flexibility index (Phi) is 3.53. The Labute approximate surface area is 123 Å². The van der Waals surface area contributed by atoms with Crippen molar-refractivity contribution in [3.8, 4) is 0 Å². The van der Waals surface area contributed by atoms with Gasteiger partial charge in [-0.25, -0.2) is 0 Å². The average Bonchev–Trinajstić information content (AvgIpc) is 3.14. The van der Waals surface area contributed by atoms with Crippen LogP contribution < -0.4 is 0 Å². The van der Waals surface area contributed by atoms with Gasteiger partial charge in [0.1, 0.15) is 6.61 Å². The normalized spacial score (nSPS) is 29.4. The van der Waals surface area contributed by atoms with Crippen LogP contribution in [0.1, 0.15) is 18.4 Å². The Morgan fingerprint density at radius 3 is 2.52 bits per heavy atom. The lowest BCUT2D eigenvalue weighted by atomic mass is 9.75. The number of fused-ring (bicyclic) bond motifs is 2. The van der Waals surface area contributed by atoms with Crippen molar-refractivity contribution in [2.75, 3.05) is 7.11 Å².